The molecule has 1 aromatic rings. The zero-order valence-corrected chi connectivity index (χ0v) is 27.5. The van der Waals surface area contributed by atoms with Gasteiger partial charge in [-0.1, -0.05) is 99.8 Å². The Morgan fingerprint density at radius 3 is 1.79 bits per heavy atom. The van der Waals surface area contributed by atoms with Crippen molar-refractivity contribution in [2.75, 3.05) is 19.0 Å². The van der Waals surface area contributed by atoms with Gasteiger partial charge in [0.05, 0.1) is 5.57 Å². The fraction of sp³-hybridized carbons (Fsp3) is 0.528. The minimum atomic E-state index is -1.87. The fourth-order valence-corrected chi connectivity index (χ4v) is 10.2. The standard InChI is InChI=1S/C36H51NSi/c1-15-25-36(11,12)33(19-17-16-18-31-20-22-34(23-21-31)37(13)14)27-32(35(8,9)10)24-26-38(28(2)3,29(4)5)30(6)7/h15,20-23,28-30H,1,25H2,2-14H3. The Bertz CT molecular complexity index is 1180. The van der Waals surface area contributed by atoms with Crippen LogP contribution in [0.5, 0.6) is 0 Å². The van der Waals surface area contributed by atoms with Crippen LogP contribution in [0.1, 0.15) is 88.1 Å². The van der Waals surface area contributed by atoms with E-state index in [0.29, 0.717) is 16.6 Å². The second kappa shape index (κ2) is 13.8. The Morgan fingerprint density at radius 2 is 1.37 bits per heavy atom. The van der Waals surface area contributed by atoms with Crippen LogP contribution in [0.15, 0.2) is 53.8 Å². The summed E-state index contributed by atoms with van der Waals surface area (Å²) in [6.45, 7) is 29.2. The highest BCUT2D eigenvalue weighted by molar-refractivity contribution is 6.90. The van der Waals surface area contributed by atoms with E-state index >= 15 is 0 Å². The van der Waals surface area contributed by atoms with Crippen LogP contribution in [0.3, 0.4) is 0 Å². The molecule has 0 unspecified atom stereocenters. The van der Waals surface area contributed by atoms with Crippen molar-refractivity contribution in [1.29, 1.82) is 0 Å². The van der Waals surface area contributed by atoms with Gasteiger partial charge >= 0.3 is 0 Å². The number of benzene rings is 1. The van der Waals surface area contributed by atoms with Gasteiger partial charge in [-0.3, -0.25) is 0 Å². The molecule has 0 aromatic heterocycles. The predicted octanol–water partition coefficient (Wildman–Crippen LogP) is 9.43. The average Bonchev–Trinajstić information content (AvgIpc) is 2.78. The van der Waals surface area contributed by atoms with Crippen LogP contribution in [0.4, 0.5) is 5.69 Å². The van der Waals surface area contributed by atoms with E-state index in [1.165, 1.54) is 0 Å². The molecule has 0 spiro atoms. The molecule has 1 aromatic carbocycles. The first kappa shape index (κ1) is 33.2. The largest absolute Gasteiger partial charge is 0.378 e. The Kier molecular flexibility index (Phi) is 12.1. The molecule has 38 heavy (non-hydrogen) atoms. The summed E-state index contributed by atoms with van der Waals surface area (Å²) >= 11 is 0. The summed E-state index contributed by atoms with van der Waals surface area (Å²) in [5, 5.41) is 0. The highest BCUT2D eigenvalue weighted by Crippen LogP contribution is 2.41. The number of nitrogens with zero attached hydrogens (tertiary/aromatic N) is 1. The molecule has 0 bridgehead atoms. The van der Waals surface area contributed by atoms with Crippen LogP contribution >= 0.6 is 0 Å². The molecular formula is C36H51NSi. The highest BCUT2D eigenvalue weighted by atomic mass is 28.3. The van der Waals surface area contributed by atoms with Gasteiger partial charge < -0.3 is 4.90 Å². The van der Waals surface area contributed by atoms with E-state index in [2.05, 4.69) is 141 Å². The quantitative estimate of drug-likeness (QED) is 0.148. The average molecular weight is 526 g/mol. The monoisotopic (exact) mass is 525 g/mol. The minimum absolute atomic E-state index is 0.144. The van der Waals surface area contributed by atoms with Crippen molar-refractivity contribution in [3.63, 3.8) is 0 Å². The molecule has 0 aliphatic heterocycles. The van der Waals surface area contributed by atoms with Gasteiger partial charge in [0.15, 0.2) is 0 Å². The van der Waals surface area contributed by atoms with Crippen LogP contribution in [-0.2, 0) is 0 Å². The summed E-state index contributed by atoms with van der Waals surface area (Å²) in [5.41, 5.74) is 13.1. The maximum Gasteiger partial charge on any atom is 0.146 e. The van der Waals surface area contributed by atoms with Gasteiger partial charge in [-0.15, -0.1) is 12.1 Å². The van der Waals surface area contributed by atoms with Gasteiger partial charge in [0.25, 0.3) is 0 Å². The van der Waals surface area contributed by atoms with E-state index < -0.39 is 8.07 Å². The third-order valence-corrected chi connectivity index (χ3v) is 13.7. The van der Waals surface area contributed by atoms with Crippen molar-refractivity contribution >= 4 is 13.8 Å². The lowest BCUT2D eigenvalue weighted by molar-refractivity contribution is 0.467. The Hall–Kier alpha value is -2.82. The number of anilines is 1. The van der Waals surface area contributed by atoms with Crippen molar-refractivity contribution in [3.05, 3.63) is 59.4 Å². The molecular weight excluding hydrogens is 474 g/mol. The Balaban J connectivity index is 3.81. The molecule has 0 heterocycles. The van der Waals surface area contributed by atoms with Crippen LogP contribution < -0.4 is 4.90 Å². The molecule has 204 valence electrons. The van der Waals surface area contributed by atoms with Crippen molar-refractivity contribution in [2.45, 2.75) is 99.2 Å². The zero-order chi connectivity index (χ0) is 29.3. The summed E-state index contributed by atoms with van der Waals surface area (Å²) in [6, 6.07) is 8.21. The summed E-state index contributed by atoms with van der Waals surface area (Å²) in [4.78, 5) is 2.08. The molecule has 0 aliphatic rings. The maximum atomic E-state index is 3.99. The SMILES string of the molecule is C=CCC(C)(C)C(=C=C(C#C[Si](C(C)C)(C(C)C)C(C)C)C(C)(C)C)C#CC#Cc1ccc(N(C)C)cc1. The van der Waals surface area contributed by atoms with E-state index in [-0.39, 0.29) is 10.8 Å². The van der Waals surface area contributed by atoms with E-state index in [9.17, 15) is 0 Å². The molecule has 0 aliphatic carbocycles. The Morgan fingerprint density at radius 1 is 0.842 bits per heavy atom. The minimum Gasteiger partial charge on any atom is -0.378 e. The molecule has 1 nitrogen and oxygen atoms in total. The summed E-state index contributed by atoms with van der Waals surface area (Å²) in [7, 11) is 2.20. The van der Waals surface area contributed by atoms with Crippen molar-refractivity contribution < 1.29 is 0 Å². The third kappa shape index (κ3) is 8.89. The number of rotatable bonds is 7. The van der Waals surface area contributed by atoms with Gasteiger partial charge in [-0.25, -0.2) is 0 Å². The van der Waals surface area contributed by atoms with Crippen molar-refractivity contribution in [3.8, 4) is 35.1 Å². The van der Waals surface area contributed by atoms with Gasteiger partial charge in [0, 0.05) is 41.7 Å². The molecule has 0 N–H and O–H groups in total. The maximum absolute atomic E-state index is 3.99. The number of hydrogen-bond donors (Lipinski definition) is 0. The molecule has 0 atom stereocenters. The van der Waals surface area contributed by atoms with Crippen LogP contribution in [0.25, 0.3) is 0 Å². The summed E-state index contributed by atoms with van der Waals surface area (Å²) in [5.74, 6) is 16.4. The predicted molar refractivity (Wildman–Crippen MR) is 173 cm³/mol. The Labute approximate surface area is 236 Å². The smallest absolute Gasteiger partial charge is 0.146 e. The number of allylic oxidation sites excluding steroid dienone is 2. The molecule has 2 heteroatoms. The molecule has 0 amide bonds. The second-order valence-electron chi connectivity index (χ2n) is 13.1. The van der Waals surface area contributed by atoms with Gasteiger partial charge in [-0.2, -0.15) is 0 Å². The molecule has 0 saturated heterocycles. The first-order chi connectivity index (χ1) is 17.5. The van der Waals surface area contributed by atoms with E-state index in [0.717, 1.165) is 28.8 Å². The molecule has 1 rings (SSSR count). The molecule has 0 saturated carbocycles. The van der Waals surface area contributed by atoms with Crippen molar-refractivity contribution in [1.82, 2.24) is 0 Å². The molecule has 0 fully saturated rings. The normalized spacial score (nSPS) is 11.5. The second-order valence-corrected chi connectivity index (χ2v) is 18.7. The van der Waals surface area contributed by atoms with E-state index in [4.69, 9.17) is 0 Å². The summed E-state index contributed by atoms with van der Waals surface area (Å²) in [6.07, 6.45) is 2.76. The van der Waals surface area contributed by atoms with Gasteiger partial charge in [-0.05, 0) is 65.1 Å². The lowest BCUT2D eigenvalue weighted by atomic mass is 9.79. The van der Waals surface area contributed by atoms with Gasteiger partial charge in [0.1, 0.15) is 8.07 Å². The van der Waals surface area contributed by atoms with E-state index in [1.807, 2.05) is 32.3 Å². The van der Waals surface area contributed by atoms with Crippen LogP contribution in [-0.4, -0.2) is 22.2 Å². The first-order valence-corrected chi connectivity index (χ1v) is 16.2. The summed E-state index contributed by atoms with van der Waals surface area (Å²) < 4.78 is 0. The topological polar surface area (TPSA) is 3.24 Å². The lowest BCUT2D eigenvalue weighted by Crippen LogP contribution is -2.43. The lowest BCUT2D eigenvalue weighted by Gasteiger charge is -2.38. The van der Waals surface area contributed by atoms with Crippen LogP contribution in [0.2, 0.25) is 16.6 Å². The van der Waals surface area contributed by atoms with Gasteiger partial charge in [0.2, 0.25) is 0 Å². The molecule has 0 radical (unpaired) electrons. The fourth-order valence-electron chi connectivity index (χ4n) is 5.01. The first-order valence-electron chi connectivity index (χ1n) is 13.9. The van der Waals surface area contributed by atoms with Crippen molar-refractivity contribution in [2.24, 2.45) is 10.8 Å². The number of hydrogen-bond acceptors (Lipinski definition) is 1. The van der Waals surface area contributed by atoms with Crippen LogP contribution in [0, 0.1) is 46.0 Å². The third-order valence-electron chi connectivity index (χ3n) is 7.44. The zero-order valence-electron chi connectivity index (χ0n) is 26.5. The van der Waals surface area contributed by atoms with E-state index in [1.54, 1.807) is 0 Å². The highest BCUT2D eigenvalue weighted by Gasteiger charge is 2.41.